The molecule has 0 aliphatic rings. The topological polar surface area (TPSA) is 59.3 Å². The summed E-state index contributed by atoms with van der Waals surface area (Å²) in [5.74, 6) is -0.837. The molecule has 0 aliphatic heterocycles. The van der Waals surface area contributed by atoms with Gasteiger partial charge < -0.3 is 9.67 Å². The zero-order valence-electron chi connectivity index (χ0n) is 10.4. The molecule has 0 aliphatic carbocycles. The second-order valence-corrected chi connectivity index (χ2v) is 5.03. The van der Waals surface area contributed by atoms with E-state index in [0.29, 0.717) is 12.1 Å². The lowest BCUT2D eigenvalue weighted by atomic mass is 9.94. The number of carbonyl (C=O) groups excluding carboxylic acids is 1. The zero-order valence-corrected chi connectivity index (χ0v) is 10.4. The van der Waals surface area contributed by atoms with Crippen LogP contribution in [-0.2, 0) is 11.3 Å². The van der Waals surface area contributed by atoms with Crippen LogP contribution in [0.1, 0.15) is 24.2 Å². The molecular formula is C14H15NO3. The van der Waals surface area contributed by atoms with Crippen LogP contribution in [0, 0.1) is 5.41 Å². The summed E-state index contributed by atoms with van der Waals surface area (Å²) in [5.41, 5.74) is 0.664. The van der Waals surface area contributed by atoms with Crippen LogP contribution in [0.4, 0.5) is 0 Å². The van der Waals surface area contributed by atoms with Crippen molar-refractivity contribution in [1.82, 2.24) is 4.57 Å². The average molecular weight is 245 g/mol. The Morgan fingerprint density at radius 1 is 1.39 bits per heavy atom. The van der Waals surface area contributed by atoms with Crippen molar-refractivity contribution in [3.8, 4) is 0 Å². The third kappa shape index (κ3) is 2.01. The molecule has 0 bridgehead atoms. The van der Waals surface area contributed by atoms with Gasteiger partial charge in [0.15, 0.2) is 6.29 Å². The zero-order chi connectivity index (χ0) is 13.3. The third-order valence-electron chi connectivity index (χ3n) is 3.12. The summed E-state index contributed by atoms with van der Waals surface area (Å²) in [6.07, 6.45) is 2.64. The summed E-state index contributed by atoms with van der Waals surface area (Å²) in [6, 6.07) is 7.29. The van der Waals surface area contributed by atoms with E-state index in [0.717, 1.165) is 17.2 Å². The number of fused-ring (bicyclic) bond motifs is 1. The summed E-state index contributed by atoms with van der Waals surface area (Å²) in [6.45, 7) is 3.74. The average Bonchev–Trinajstić information content (AvgIpc) is 2.71. The van der Waals surface area contributed by atoms with Crippen LogP contribution in [0.5, 0.6) is 0 Å². The van der Waals surface area contributed by atoms with Crippen molar-refractivity contribution >= 4 is 23.2 Å². The quantitative estimate of drug-likeness (QED) is 0.842. The molecule has 1 heterocycles. The van der Waals surface area contributed by atoms with Crippen LogP contribution in [-0.4, -0.2) is 21.9 Å². The van der Waals surface area contributed by atoms with Crippen molar-refractivity contribution < 1.29 is 14.7 Å². The smallest absolute Gasteiger partial charge is 0.310 e. The van der Waals surface area contributed by atoms with Gasteiger partial charge in [0.2, 0.25) is 0 Å². The number of nitrogens with zero attached hydrogens (tertiary/aromatic N) is 1. The molecule has 1 aromatic carbocycles. The second-order valence-electron chi connectivity index (χ2n) is 5.03. The normalized spacial score (nSPS) is 11.7. The summed E-state index contributed by atoms with van der Waals surface area (Å²) in [4.78, 5) is 22.1. The molecule has 0 atom stereocenters. The molecule has 0 saturated carbocycles. The van der Waals surface area contributed by atoms with E-state index in [4.69, 9.17) is 5.11 Å². The van der Waals surface area contributed by atoms with Gasteiger partial charge in [0.05, 0.1) is 5.41 Å². The number of carbonyl (C=O) groups is 2. The minimum atomic E-state index is -0.844. The molecule has 1 aromatic heterocycles. The first kappa shape index (κ1) is 12.4. The first-order valence-electron chi connectivity index (χ1n) is 5.72. The number of carboxylic acid groups (broad SMARTS) is 1. The first-order valence-corrected chi connectivity index (χ1v) is 5.72. The molecule has 4 nitrogen and oxygen atoms in total. The van der Waals surface area contributed by atoms with Gasteiger partial charge in [-0.25, -0.2) is 0 Å². The Hall–Kier alpha value is -2.10. The van der Waals surface area contributed by atoms with Gasteiger partial charge in [-0.2, -0.15) is 0 Å². The fraction of sp³-hybridized carbons (Fsp3) is 0.286. The highest BCUT2D eigenvalue weighted by molar-refractivity contribution is 5.97. The predicted molar refractivity (Wildman–Crippen MR) is 68.7 cm³/mol. The van der Waals surface area contributed by atoms with Crippen molar-refractivity contribution in [2.45, 2.75) is 20.4 Å². The Balaban J connectivity index is 2.48. The van der Waals surface area contributed by atoms with Crippen LogP contribution in [0.15, 0.2) is 30.5 Å². The fourth-order valence-corrected chi connectivity index (χ4v) is 1.98. The highest BCUT2D eigenvalue weighted by atomic mass is 16.4. The summed E-state index contributed by atoms with van der Waals surface area (Å²) in [5, 5.41) is 10.00. The number of rotatable bonds is 4. The highest BCUT2D eigenvalue weighted by Crippen LogP contribution is 2.24. The monoisotopic (exact) mass is 245 g/mol. The van der Waals surface area contributed by atoms with Crippen LogP contribution < -0.4 is 0 Å². The maximum absolute atomic E-state index is 11.1. The second kappa shape index (κ2) is 4.29. The van der Waals surface area contributed by atoms with Crippen LogP contribution >= 0.6 is 0 Å². The van der Waals surface area contributed by atoms with E-state index in [2.05, 4.69) is 0 Å². The largest absolute Gasteiger partial charge is 0.481 e. The minimum absolute atomic E-state index is 0.369. The van der Waals surface area contributed by atoms with E-state index in [1.54, 1.807) is 26.0 Å². The molecule has 0 fully saturated rings. The van der Waals surface area contributed by atoms with Crippen molar-refractivity contribution in [3.63, 3.8) is 0 Å². The molecule has 94 valence electrons. The van der Waals surface area contributed by atoms with E-state index in [1.165, 1.54) is 0 Å². The molecule has 2 aromatic rings. The van der Waals surface area contributed by atoms with Crippen molar-refractivity contribution in [2.75, 3.05) is 0 Å². The molecule has 0 spiro atoms. The van der Waals surface area contributed by atoms with E-state index < -0.39 is 11.4 Å². The maximum atomic E-state index is 11.1. The van der Waals surface area contributed by atoms with Crippen molar-refractivity contribution in [1.29, 1.82) is 0 Å². The van der Waals surface area contributed by atoms with Crippen LogP contribution in [0.2, 0.25) is 0 Å². The molecule has 0 unspecified atom stereocenters. The van der Waals surface area contributed by atoms with Gasteiger partial charge in [0, 0.05) is 29.2 Å². The van der Waals surface area contributed by atoms with E-state index in [-0.39, 0.29) is 0 Å². The van der Waals surface area contributed by atoms with Gasteiger partial charge in [-0.1, -0.05) is 12.1 Å². The number of aromatic nitrogens is 1. The van der Waals surface area contributed by atoms with E-state index in [1.807, 2.05) is 22.9 Å². The SMILES string of the molecule is CC(C)(Cn1ccc2c(C=O)cccc21)C(=O)O. The number of aldehydes is 1. The van der Waals surface area contributed by atoms with Gasteiger partial charge >= 0.3 is 5.97 Å². The molecule has 0 radical (unpaired) electrons. The third-order valence-corrected chi connectivity index (χ3v) is 3.12. The van der Waals surface area contributed by atoms with E-state index >= 15 is 0 Å². The van der Waals surface area contributed by atoms with Crippen LogP contribution in [0.3, 0.4) is 0 Å². The Morgan fingerprint density at radius 3 is 2.72 bits per heavy atom. The Morgan fingerprint density at radius 2 is 2.11 bits per heavy atom. The van der Waals surface area contributed by atoms with E-state index in [9.17, 15) is 9.59 Å². The Labute approximate surface area is 105 Å². The van der Waals surface area contributed by atoms with Crippen molar-refractivity contribution in [2.24, 2.45) is 5.41 Å². The standard InChI is InChI=1S/C14H15NO3/c1-14(2,13(17)18)9-15-7-6-11-10(8-16)4-3-5-12(11)15/h3-8H,9H2,1-2H3,(H,17,18). The summed E-state index contributed by atoms with van der Waals surface area (Å²) < 4.78 is 1.87. The first-order chi connectivity index (χ1) is 8.45. The molecule has 0 amide bonds. The highest BCUT2D eigenvalue weighted by Gasteiger charge is 2.28. The molecule has 18 heavy (non-hydrogen) atoms. The molecule has 1 N–H and O–H groups in total. The number of carboxylic acids is 1. The minimum Gasteiger partial charge on any atom is -0.481 e. The summed E-state index contributed by atoms with van der Waals surface area (Å²) in [7, 11) is 0. The number of hydrogen-bond acceptors (Lipinski definition) is 2. The molecule has 2 rings (SSSR count). The Bertz CT molecular complexity index is 611. The van der Waals surface area contributed by atoms with Gasteiger partial charge in [0.1, 0.15) is 0 Å². The lowest BCUT2D eigenvalue weighted by molar-refractivity contribution is -0.147. The summed E-state index contributed by atoms with van der Waals surface area (Å²) >= 11 is 0. The van der Waals surface area contributed by atoms with Gasteiger partial charge in [-0.3, -0.25) is 9.59 Å². The number of aliphatic carboxylic acids is 1. The van der Waals surface area contributed by atoms with Gasteiger partial charge in [-0.15, -0.1) is 0 Å². The fourth-order valence-electron chi connectivity index (χ4n) is 1.98. The lowest BCUT2D eigenvalue weighted by Gasteiger charge is -2.20. The van der Waals surface area contributed by atoms with Gasteiger partial charge in [0.25, 0.3) is 0 Å². The maximum Gasteiger partial charge on any atom is 0.310 e. The molecular weight excluding hydrogens is 230 g/mol. The van der Waals surface area contributed by atoms with Crippen LogP contribution in [0.25, 0.3) is 10.9 Å². The lowest BCUT2D eigenvalue weighted by Crippen LogP contribution is -2.28. The number of benzene rings is 1. The molecule has 0 saturated heterocycles. The predicted octanol–water partition coefficient (Wildman–Crippen LogP) is 2.56. The van der Waals surface area contributed by atoms with Crippen molar-refractivity contribution in [3.05, 3.63) is 36.0 Å². The number of hydrogen-bond donors (Lipinski definition) is 1. The Kier molecular flexibility index (Phi) is 2.95. The molecule has 4 heteroatoms. The van der Waals surface area contributed by atoms with Gasteiger partial charge in [-0.05, 0) is 26.0 Å².